The number of hydrogen-bond acceptors (Lipinski definition) is 3. The first-order valence-corrected chi connectivity index (χ1v) is 5.45. The third-order valence-electron chi connectivity index (χ3n) is 2.70. The predicted octanol–water partition coefficient (Wildman–Crippen LogP) is 2.31. The first-order valence-electron chi connectivity index (χ1n) is 5.45. The Hall–Kier alpha value is -1.13. The fourth-order valence-corrected chi connectivity index (χ4v) is 1.73. The van der Waals surface area contributed by atoms with Gasteiger partial charge in [-0.3, -0.25) is 0 Å². The Kier molecular flexibility index (Phi) is 3.74. The van der Waals surface area contributed by atoms with Crippen LogP contribution in [0.25, 0.3) is 0 Å². The van der Waals surface area contributed by atoms with Gasteiger partial charge in [-0.05, 0) is 25.0 Å². The van der Waals surface area contributed by atoms with Crippen LogP contribution in [0.3, 0.4) is 0 Å². The summed E-state index contributed by atoms with van der Waals surface area (Å²) in [5.74, 6) is -0.216. The molecule has 0 spiro atoms. The van der Waals surface area contributed by atoms with Crippen LogP contribution in [0.1, 0.15) is 12.0 Å². The topological polar surface area (TPSA) is 30.5 Å². The van der Waals surface area contributed by atoms with Gasteiger partial charge in [-0.15, -0.1) is 0 Å². The maximum Gasteiger partial charge on any atom is 0.147 e. The van der Waals surface area contributed by atoms with Crippen molar-refractivity contribution in [3.05, 3.63) is 29.6 Å². The second kappa shape index (κ2) is 5.27. The Morgan fingerprint density at radius 1 is 1.50 bits per heavy atom. The van der Waals surface area contributed by atoms with Crippen LogP contribution in [0, 0.1) is 12.7 Å². The average molecular weight is 225 g/mol. The molecule has 1 saturated heterocycles. The van der Waals surface area contributed by atoms with Crippen molar-refractivity contribution in [1.29, 1.82) is 0 Å². The Bertz CT molecular complexity index is 331. The number of para-hydroxylation sites is 1. The van der Waals surface area contributed by atoms with Gasteiger partial charge in [0.2, 0.25) is 0 Å². The minimum atomic E-state index is -0.216. The third-order valence-corrected chi connectivity index (χ3v) is 2.70. The fraction of sp³-hybridized carbons (Fsp3) is 0.500. The van der Waals surface area contributed by atoms with Crippen LogP contribution in [0.2, 0.25) is 0 Å². The van der Waals surface area contributed by atoms with Crippen molar-refractivity contribution in [2.45, 2.75) is 19.4 Å². The van der Waals surface area contributed by atoms with Crippen molar-refractivity contribution in [2.24, 2.45) is 0 Å². The molecule has 4 heteroatoms. The minimum Gasteiger partial charge on any atom is -0.380 e. The predicted molar refractivity (Wildman–Crippen MR) is 59.9 cm³/mol. The number of hydrogen-bond donors (Lipinski definition) is 1. The molecule has 16 heavy (non-hydrogen) atoms. The molecule has 1 fully saturated rings. The number of rotatable bonds is 3. The van der Waals surface area contributed by atoms with E-state index in [-0.39, 0.29) is 11.9 Å². The molecule has 1 N–H and O–H groups in total. The van der Waals surface area contributed by atoms with Crippen LogP contribution in [-0.2, 0) is 9.47 Å². The highest BCUT2D eigenvalue weighted by molar-refractivity contribution is 5.51. The minimum absolute atomic E-state index is 0.104. The fourth-order valence-electron chi connectivity index (χ4n) is 1.73. The van der Waals surface area contributed by atoms with Crippen LogP contribution in [0.4, 0.5) is 10.1 Å². The number of nitrogens with one attached hydrogen (secondary N) is 1. The molecule has 1 heterocycles. The lowest BCUT2D eigenvalue weighted by atomic mass is 10.1. The second-order valence-electron chi connectivity index (χ2n) is 3.92. The zero-order valence-electron chi connectivity index (χ0n) is 9.33. The van der Waals surface area contributed by atoms with Gasteiger partial charge in [0.1, 0.15) is 12.6 Å². The van der Waals surface area contributed by atoms with Crippen molar-refractivity contribution >= 4 is 5.69 Å². The van der Waals surface area contributed by atoms with E-state index in [4.69, 9.17) is 9.47 Å². The van der Waals surface area contributed by atoms with Crippen molar-refractivity contribution in [1.82, 2.24) is 0 Å². The highest BCUT2D eigenvalue weighted by atomic mass is 19.1. The summed E-state index contributed by atoms with van der Waals surface area (Å²) in [6, 6.07) is 5.05. The van der Waals surface area contributed by atoms with Gasteiger partial charge in [0.15, 0.2) is 0 Å². The zero-order chi connectivity index (χ0) is 11.4. The lowest BCUT2D eigenvalue weighted by molar-refractivity contribution is -0.133. The van der Waals surface area contributed by atoms with Crippen LogP contribution in [0.5, 0.6) is 0 Å². The summed E-state index contributed by atoms with van der Waals surface area (Å²) in [6.45, 7) is 3.55. The molecule has 0 bridgehead atoms. The highest BCUT2D eigenvalue weighted by Crippen LogP contribution is 2.19. The molecule has 2 rings (SSSR count). The second-order valence-corrected chi connectivity index (χ2v) is 3.92. The molecule has 88 valence electrons. The number of aryl methyl sites for hydroxylation is 1. The summed E-state index contributed by atoms with van der Waals surface area (Å²) in [5.41, 5.74) is 1.48. The summed E-state index contributed by atoms with van der Waals surface area (Å²) in [4.78, 5) is 0. The summed E-state index contributed by atoms with van der Waals surface area (Å²) < 4.78 is 23.9. The molecule has 0 radical (unpaired) electrons. The standard InChI is InChI=1S/C12H16FNO2/c1-9-3-2-4-11(13)12(9)14-7-10-5-6-15-8-16-10/h2-4,10,14H,5-8H2,1H3. The van der Waals surface area contributed by atoms with E-state index in [0.29, 0.717) is 25.6 Å². The van der Waals surface area contributed by atoms with Crippen LogP contribution in [0.15, 0.2) is 18.2 Å². The molecule has 1 aliphatic rings. The maximum absolute atomic E-state index is 13.5. The largest absolute Gasteiger partial charge is 0.380 e. The number of ether oxygens (including phenoxy) is 2. The normalized spacial score (nSPS) is 20.8. The van der Waals surface area contributed by atoms with E-state index < -0.39 is 0 Å². The SMILES string of the molecule is Cc1cccc(F)c1NCC1CCOCO1. The van der Waals surface area contributed by atoms with E-state index in [1.807, 2.05) is 13.0 Å². The van der Waals surface area contributed by atoms with Crippen LogP contribution < -0.4 is 5.32 Å². The van der Waals surface area contributed by atoms with Gasteiger partial charge in [0.25, 0.3) is 0 Å². The molecular weight excluding hydrogens is 209 g/mol. The Balaban J connectivity index is 1.93. The third kappa shape index (κ3) is 2.71. The molecule has 3 nitrogen and oxygen atoms in total. The van der Waals surface area contributed by atoms with Gasteiger partial charge in [-0.1, -0.05) is 12.1 Å². The van der Waals surface area contributed by atoms with Crippen molar-refractivity contribution < 1.29 is 13.9 Å². The summed E-state index contributed by atoms with van der Waals surface area (Å²) in [6.07, 6.45) is 0.952. The van der Waals surface area contributed by atoms with E-state index >= 15 is 0 Å². The van der Waals surface area contributed by atoms with Crippen molar-refractivity contribution in [3.63, 3.8) is 0 Å². The summed E-state index contributed by atoms with van der Waals surface area (Å²) in [5, 5.41) is 3.10. The molecule has 0 aromatic heterocycles. The maximum atomic E-state index is 13.5. The molecule has 1 atom stereocenters. The zero-order valence-corrected chi connectivity index (χ0v) is 9.33. The monoisotopic (exact) mass is 225 g/mol. The molecular formula is C12H16FNO2. The number of anilines is 1. The van der Waals surface area contributed by atoms with Gasteiger partial charge in [0.05, 0.1) is 18.4 Å². The Labute approximate surface area is 94.6 Å². The van der Waals surface area contributed by atoms with E-state index in [1.54, 1.807) is 6.07 Å². The molecule has 0 saturated carbocycles. The van der Waals surface area contributed by atoms with Crippen molar-refractivity contribution in [2.75, 3.05) is 25.3 Å². The smallest absolute Gasteiger partial charge is 0.147 e. The molecule has 1 aromatic rings. The molecule has 0 amide bonds. The molecule has 0 aliphatic carbocycles. The van der Waals surface area contributed by atoms with Crippen LogP contribution in [-0.4, -0.2) is 26.0 Å². The van der Waals surface area contributed by atoms with Gasteiger partial charge in [-0.25, -0.2) is 4.39 Å². The first-order chi connectivity index (χ1) is 7.77. The van der Waals surface area contributed by atoms with E-state index in [2.05, 4.69) is 5.32 Å². The Morgan fingerprint density at radius 2 is 2.38 bits per heavy atom. The average Bonchev–Trinajstić information content (AvgIpc) is 2.30. The van der Waals surface area contributed by atoms with Crippen LogP contribution >= 0.6 is 0 Å². The Morgan fingerprint density at radius 3 is 3.06 bits per heavy atom. The highest BCUT2D eigenvalue weighted by Gasteiger charge is 2.14. The van der Waals surface area contributed by atoms with Gasteiger partial charge in [-0.2, -0.15) is 0 Å². The number of benzene rings is 1. The lowest BCUT2D eigenvalue weighted by Crippen LogP contribution is -2.30. The molecule has 1 aromatic carbocycles. The van der Waals surface area contributed by atoms with Gasteiger partial charge in [0, 0.05) is 6.54 Å². The van der Waals surface area contributed by atoms with Gasteiger partial charge < -0.3 is 14.8 Å². The van der Waals surface area contributed by atoms with Gasteiger partial charge >= 0.3 is 0 Å². The summed E-state index contributed by atoms with van der Waals surface area (Å²) in [7, 11) is 0. The van der Waals surface area contributed by atoms with E-state index in [0.717, 1.165) is 12.0 Å². The van der Waals surface area contributed by atoms with Crippen molar-refractivity contribution in [3.8, 4) is 0 Å². The quantitative estimate of drug-likeness (QED) is 0.856. The van der Waals surface area contributed by atoms with E-state index in [1.165, 1.54) is 6.07 Å². The number of halogens is 1. The summed E-state index contributed by atoms with van der Waals surface area (Å²) >= 11 is 0. The van der Waals surface area contributed by atoms with E-state index in [9.17, 15) is 4.39 Å². The lowest BCUT2D eigenvalue weighted by Gasteiger charge is -2.23. The molecule has 1 aliphatic heterocycles. The molecule has 1 unspecified atom stereocenters. The first kappa shape index (κ1) is 11.4.